The van der Waals surface area contributed by atoms with E-state index in [-0.39, 0.29) is 11.3 Å². The number of halogens is 1. The Labute approximate surface area is 152 Å². The summed E-state index contributed by atoms with van der Waals surface area (Å²) in [6.45, 7) is 3.76. The van der Waals surface area contributed by atoms with E-state index in [4.69, 9.17) is 11.6 Å². The number of nitro groups is 1. The summed E-state index contributed by atoms with van der Waals surface area (Å²) in [7, 11) is 0. The molecule has 0 aliphatic rings. The number of anilines is 1. The maximum Gasteiger partial charge on any atom is 0.285 e. The SMILES string of the molecule is CCN(C(=O)c1cccc(C)c1[N+](=O)[O-])c1nc2cc(Cl)ccc2s1. The summed E-state index contributed by atoms with van der Waals surface area (Å²) in [5, 5.41) is 12.4. The van der Waals surface area contributed by atoms with Gasteiger partial charge in [-0.1, -0.05) is 35.1 Å². The van der Waals surface area contributed by atoms with Crippen LogP contribution in [-0.2, 0) is 0 Å². The second-order valence-electron chi connectivity index (χ2n) is 5.39. The van der Waals surface area contributed by atoms with Gasteiger partial charge in [-0.05, 0) is 38.1 Å². The lowest BCUT2D eigenvalue weighted by atomic mass is 10.1. The highest BCUT2D eigenvalue weighted by molar-refractivity contribution is 7.22. The Bertz CT molecular complexity index is 986. The quantitative estimate of drug-likeness (QED) is 0.483. The first-order valence-electron chi connectivity index (χ1n) is 7.54. The van der Waals surface area contributed by atoms with Crippen LogP contribution in [0.1, 0.15) is 22.8 Å². The van der Waals surface area contributed by atoms with Gasteiger partial charge in [0.05, 0.1) is 15.1 Å². The van der Waals surface area contributed by atoms with Gasteiger partial charge < -0.3 is 0 Å². The van der Waals surface area contributed by atoms with E-state index in [9.17, 15) is 14.9 Å². The van der Waals surface area contributed by atoms with Crippen LogP contribution in [0.5, 0.6) is 0 Å². The van der Waals surface area contributed by atoms with Crippen molar-refractivity contribution in [2.45, 2.75) is 13.8 Å². The molecule has 0 aliphatic heterocycles. The Balaban J connectivity index is 2.07. The molecule has 0 bridgehead atoms. The molecule has 0 aliphatic carbocycles. The van der Waals surface area contributed by atoms with Gasteiger partial charge in [0.1, 0.15) is 5.56 Å². The molecule has 0 radical (unpaired) electrons. The van der Waals surface area contributed by atoms with E-state index in [0.717, 1.165) is 4.70 Å². The second-order valence-corrected chi connectivity index (χ2v) is 6.83. The molecule has 1 amide bonds. The molecule has 2 aromatic carbocycles. The highest BCUT2D eigenvalue weighted by atomic mass is 35.5. The summed E-state index contributed by atoms with van der Waals surface area (Å²) in [4.78, 5) is 29.7. The van der Waals surface area contributed by atoms with E-state index < -0.39 is 10.8 Å². The van der Waals surface area contributed by atoms with Gasteiger partial charge in [0, 0.05) is 17.1 Å². The van der Waals surface area contributed by atoms with E-state index >= 15 is 0 Å². The summed E-state index contributed by atoms with van der Waals surface area (Å²) >= 11 is 7.33. The minimum atomic E-state index is -0.519. The Hall–Kier alpha value is -2.51. The number of hydrogen-bond donors (Lipinski definition) is 0. The van der Waals surface area contributed by atoms with Crippen molar-refractivity contribution in [3.63, 3.8) is 0 Å². The van der Waals surface area contributed by atoms with E-state index in [1.165, 1.54) is 22.3 Å². The standard InChI is InChI=1S/C17H14ClN3O3S/c1-3-20(17-19-13-9-11(18)7-8-14(13)25-17)16(22)12-6-4-5-10(2)15(12)21(23)24/h4-9H,3H2,1-2H3. The number of nitrogens with zero attached hydrogens (tertiary/aromatic N) is 3. The number of aryl methyl sites for hydroxylation is 1. The number of carbonyl (C=O) groups excluding carboxylic acids is 1. The summed E-state index contributed by atoms with van der Waals surface area (Å²) in [6.07, 6.45) is 0. The predicted molar refractivity (Wildman–Crippen MR) is 99.8 cm³/mol. The van der Waals surface area contributed by atoms with Crippen LogP contribution in [0.4, 0.5) is 10.8 Å². The van der Waals surface area contributed by atoms with Crippen LogP contribution in [0.15, 0.2) is 36.4 Å². The second kappa shape index (κ2) is 6.78. The Morgan fingerprint density at radius 2 is 2.12 bits per heavy atom. The van der Waals surface area contributed by atoms with Crippen molar-refractivity contribution >= 4 is 49.9 Å². The number of hydrogen-bond acceptors (Lipinski definition) is 5. The van der Waals surface area contributed by atoms with Crippen LogP contribution >= 0.6 is 22.9 Å². The molecule has 6 nitrogen and oxygen atoms in total. The number of carbonyl (C=O) groups is 1. The molecule has 0 saturated heterocycles. The number of thiazole rings is 1. The number of nitro benzene ring substituents is 1. The van der Waals surface area contributed by atoms with Crippen molar-refractivity contribution in [3.8, 4) is 0 Å². The lowest BCUT2D eigenvalue weighted by molar-refractivity contribution is -0.385. The molecule has 0 spiro atoms. The molecule has 128 valence electrons. The van der Waals surface area contributed by atoms with Crippen molar-refractivity contribution in [2.24, 2.45) is 0 Å². The number of rotatable bonds is 4. The lowest BCUT2D eigenvalue weighted by Gasteiger charge is -2.18. The maximum atomic E-state index is 13.0. The fourth-order valence-electron chi connectivity index (χ4n) is 2.59. The lowest BCUT2D eigenvalue weighted by Crippen LogP contribution is -2.31. The molecule has 25 heavy (non-hydrogen) atoms. The zero-order valence-electron chi connectivity index (χ0n) is 13.5. The van der Waals surface area contributed by atoms with Gasteiger partial charge in [-0.25, -0.2) is 4.98 Å². The number of benzene rings is 2. The predicted octanol–water partition coefficient (Wildman–Crippen LogP) is 4.83. The molecule has 3 rings (SSSR count). The maximum absolute atomic E-state index is 13.0. The molecular weight excluding hydrogens is 362 g/mol. The van der Waals surface area contributed by atoms with Crippen molar-refractivity contribution in [1.82, 2.24) is 4.98 Å². The van der Waals surface area contributed by atoms with Crippen LogP contribution in [0.25, 0.3) is 10.2 Å². The third kappa shape index (κ3) is 3.20. The Morgan fingerprint density at radius 3 is 2.80 bits per heavy atom. The van der Waals surface area contributed by atoms with Crippen LogP contribution in [0, 0.1) is 17.0 Å². The average molecular weight is 376 g/mol. The molecule has 0 saturated carbocycles. The fourth-order valence-corrected chi connectivity index (χ4v) is 3.76. The van der Waals surface area contributed by atoms with Crippen LogP contribution in [0.2, 0.25) is 5.02 Å². The first kappa shape index (κ1) is 17.3. The number of amides is 1. The van der Waals surface area contributed by atoms with Crippen molar-refractivity contribution in [3.05, 3.63) is 62.7 Å². The summed E-state index contributed by atoms with van der Waals surface area (Å²) < 4.78 is 0.893. The number of aromatic nitrogens is 1. The van der Waals surface area contributed by atoms with Gasteiger partial charge in [-0.15, -0.1) is 0 Å². The molecule has 3 aromatic rings. The van der Waals surface area contributed by atoms with Crippen LogP contribution < -0.4 is 4.90 Å². The van der Waals surface area contributed by atoms with Gasteiger partial charge >= 0.3 is 0 Å². The third-order valence-corrected chi connectivity index (χ3v) is 5.08. The fraction of sp³-hybridized carbons (Fsp3) is 0.176. The first-order valence-corrected chi connectivity index (χ1v) is 8.73. The van der Waals surface area contributed by atoms with Gasteiger partial charge in [0.15, 0.2) is 5.13 Å². The van der Waals surface area contributed by atoms with Gasteiger partial charge in [0.25, 0.3) is 11.6 Å². The van der Waals surface area contributed by atoms with Crippen LogP contribution in [-0.4, -0.2) is 22.4 Å². The largest absolute Gasteiger partial charge is 0.285 e. The zero-order valence-corrected chi connectivity index (χ0v) is 15.1. The van der Waals surface area contributed by atoms with E-state index in [0.29, 0.717) is 27.8 Å². The third-order valence-electron chi connectivity index (χ3n) is 3.78. The molecule has 8 heteroatoms. The molecule has 1 heterocycles. The van der Waals surface area contributed by atoms with Gasteiger partial charge in [-0.3, -0.25) is 19.8 Å². The molecular formula is C17H14ClN3O3S. The van der Waals surface area contributed by atoms with Gasteiger partial charge in [0.2, 0.25) is 0 Å². The Morgan fingerprint density at radius 1 is 1.36 bits per heavy atom. The molecule has 0 fully saturated rings. The Kier molecular flexibility index (Phi) is 4.69. The average Bonchev–Trinajstić information content (AvgIpc) is 2.97. The molecule has 0 atom stereocenters. The zero-order chi connectivity index (χ0) is 18.1. The van der Waals surface area contributed by atoms with Crippen molar-refractivity contribution in [2.75, 3.05) is 11.4 Å². The molecule has 1 aromatic heterocycles. The smallest absolute Gasteiger partial charge is 0.284 e. The van der Waals surface area contributed by atoms with Crippen LogP contribution in [0.3, 0.4) is 0 Å². The van der Waals surface area contributed by atoms with Crippen molar-refractivity contribution in [1.29, 1.82) is 0 Å². The van der Waals surface area contributed by atoms with E-state index in [2.05, 4.69) is 4.98 Å². The summed E-state index contributed by atoms with van der Waals surface area (Å²) in [5.41, 5.74) is 1.03. The topological polar surface area (TPSA) is 76.3 Å². The minimum absolute atomic E-state index is 0.0594. The molecule has 0 N–H and O–H groups in total. The van der Waals surface area contributed by atoms with Gasteiger partial charge in [-0.2, -0.15) is 0 Å². The first-order chi connectivity index (χ1) is 11.9. The normalized spacial score (nSPS) is 10.8. The summed E-state index contributed by atoms with van der Waals surface area (Å²) in [6, 6.07) is 10.1. The number of para-hydroxylation sites is 1. The van der Waals surface area contributed by atoms with Crippen molar-refractivity contribution < 1.29 is 9.72 Å². The minimum Gasteiger partial charge on any atom is -0.284 e. The molecule has 0 unspecified atom stereocenters. The highest BCUT2D eigenvalue weighted by Gasteiger charge is 2.28. The highest BCUT2D eigenvalue weighted by Crippen LogP contribution is 2.32. The monoisotopic (exact) mass is 375 g/mol. The van der Waals surface area contributed by atoms with E-state index in [1.54, 1.807) is 38.1 Å². The summed E-state index contributed by atoms with van der Waals surface area (Å²) in [5.74, 6) is -0.442. The van der Waals surface area contributed by atoms with E-state index in [1.807, 2.05) is 6.07 Å². The number of fused-ring (bicyclic) bond motifs is 1.